The SMILES string of the molecule is Cc1c[c-]c([N-]c2c(C)cc(C)cc2C)cc1.[Li+].[Li+]. The number of hydrogen-bond acceptors (Lipinski definition) is 0. The van der Waals surface area contributed by atoms with Crippen molar-refractivity contribution in [3.05, 3.63) is 64.0 Å². The van der Waals surface area contributed by atoms with Gasteiger partial charge in [-0.05, 0) is 20.8 Å². The maximum Gasteiger partial charge on any atom is 1.00 e. The molecule has 0 atom stereocenters. The van der Waals surface area contributed by atoms with Gasteiger partial charge in [0.1, 0.15) is 0 Å². The predicted octanol–water partition coefficient (Wildman–Crippen LogP) is -0.935. The van der Waals surface area contributed by atoms with Crippen molar-refractivity contribution in [1.82, 2.24) is 0 Å². The number of nitrogens with zero attached hydrogens (tertiary/aromatic N) is 1. The Balaban J connectivity index is 0.00000162. The van der Waals surface area contributed by atoms with E-state index in [0.717, 1.165) is 11.4 Å². The summed E-state index contributed by atoms with van der Waals surface area (Å²) in [6, 6.07) is 13.6. The van der Waals surface area contributed by atoms with Crippen molar-refractivity contribution in [2.24, 2.45) is 0 Å². The van der Waals surface area contributed by atoms with E-state index < -0.39 is 0 Å². The summed E-state index contributed by atoms with van der Waals surface area (Å²) in [5, 5.41) is 4.67. The third-order valence-corrected chi connectivity index (χ3v) is 2.82. The molecule has 1 nitrogen and oxygen atoms in total. The molecule has 2 aromatic rings. The van der Waals surface area contributed by atoms with E-state index in [1.54, 1.807) is 0 Å². The zero-order chi connectivity index (χ0) is 12.4. The van der Waals surface area contributed by atoms with Crippen molar-refractivity contribution in [2.45, 2.75) is 27.7 Å². The van der Waals surface area contributed by atoms with Crippen molar-refractivity contribution in [3.63, 3.8) is 0 Å². The standard InChI is InChI=1S/C16H17N.2Li/c1-11-5-7-15(8-6-11)17-16-13(3)9-12(2)10-14(16)4;;/h5-7,9-10H,1-4H3;;/q-2;2*+1. The van der Waals surface area contributed by atoms with E-state index in [4.69, 9.17) is 0 Å². The van der Waals surface area contributed by atoms with E-state index in [-0.39, 0.29) is 37.7 Å². The van der Waals surface area contributed by atoms with Crippen LogP contribution in [0, 0.1) is 33.8 Å². The van der Waals surface area contributed by atoms with E-state index in [2.05, 4.69) is 57.3 Å². The van der Waals surface area contributed by atoms with Crippen molar-refractivity contribution < 1.29 is 37.7 Å². The third-order valence-electron chi connectivity index (χ3n) is 2.82. The molecule has 19 heavy (non-hydrogen) atoms. The Bertz CT molecular complexity index is 510. The normalized spacial score (nSPS) is 9.26. The van der Waals surface area contributed by atoms with Gasteiger partial charge in [-0.15, -0.1) is 5.69 Å². The molecule has 3 heteroatoms. The van der Waals surface area contributed by atoms with Gasteiger partial charge in [-0.2, -0.15) is 29.8 Å². The fourth-order valence-electron chi connectivity index (χ4n) is 2.03. The summed E-state index contributed by atoms with van der Waals surface area (Å²) in [5.74, 6) is 0. The van der Waals surface area contributed by atoms with Gasteiger partial charge >= 0.3 is 37.7 Å². The van der Waals surface area contributed by atoms with Gasteiger partial charge in [0.05, 0.1) is 0 Å². The molecule has 0 bridgehead atoms. The smallest absolute Gasteiger partial charge is 0.679 e. The zero-order valence-electron chi connectivity index (χ0n) is 12.8. The molecule has 0 aliphatic heterocycles. The van der Waals surface area contributed by atoms with Gasteiger partial charge in [0.25, 0.3) is 0 Å². The fourth-order valence-corrected chi connectivity index (χ4v) is 2.03. The first-order chi connectivity index (χ1) is 8.06. The van der Waals surface area contributed by atoms with Crippen LogP contribution in [0.1, 0.15) is 22.3 Å². The Kier molecular flexibility index (Phi) is 7.65. The molecule has 0 N–H and O–H groups in total. The molecule has 0 aliphatic rings. The summed E-state index contributed by atoms with van der Waals surface area (Å²) >= 11 is 0. The Morgan fingerprint density at radius 1 is 0.842 bits per heavy atom. The Morgan fingerprint density at radius 2 is 1.42 bits per heavy atom. The fraction of sp³-hybridized carbons (Fsp3) is 0.250. The van der Waals surface area contributed by atoms with Gasteiger partial charge in [-0.25, -0.2) is 0 Å². The molecule has 0 saturated heterocycles. The van der Waals surface area contributed by atoms with Crippen molar-refractivity contribution in [1.29, 1.82) is 0 Å². The monoisotopic (exact) mass is 237 g/mol. The number of benzene rings is 2. The Morgan fingerprint density at radius 3 is 1.89 bits per heavy atom. The van der Waals surface area contributed by atoms with Crippen LogP contribution in [0.25, 0.3) is 5.32 Å². The molecule has 88 valence electrons. The minimum atomic E-state index is 0. The topological polar surface area (TPSA) is 14.1 Å². The van der Waals surface area contributed by atoms with Gasteiger partial charge in [0.15, 0.2) is 0 Å². The van der Waals surface area contributed by atoms with Crippen molar-refractivity contribution in [2.75, 3.05) is 0 Å². The molecule has 0 radical (unpaired) electrons. The molecule has 0 aliphatic carbocycles. The quantitative estimate of drug-likeness (QED) is 0.473. The predicted molar refractivity (Wildman–Crippen MR) is 73.3 cm³/mol. The van der Waals surface area contributed by atoms with Crippen LogP contribution in [0.5, 0.6) is 0 Å². The Hall–Kier alpha value is -0.565. The first-order valence-electron chi connectivity index (χ1n) is 5.84. The van der Waals surface area contributed by atoms with E-state index in [0.29, 0.717) is 0 Å². The minimum absolute atomic E-state index is 0. The number of rotatable bonds is 2. The van der Waals surface area contributed by atoms with Gasteiger partial charge < -0.3 is 5.32 Å². The summed E-state index contributed by atoms with van der Waals surface area (Å²) in [5.41, 5.74) is 6.89. The van der Waals surface area contributed by atoms with E-state index >= 15 is 0 Å². The molecular formula is C16H17Li2N. The number of hydrogen-bond donors (Lipinski definition) is 0. The maximum atomic E-state index is 4.67. The molecule has 0 aromatic heterocycles. The van der Waals surface area contributed by atoms with Gasteiger partial charge in [0, 0.05) is 0 Å². The maximum absolute atomic E-state index is 4.67. The summed E-state index contributed by atoms with van der Waals surface area (Å²) in [6.45, 7) is 8.38. The number of aryl methyl sites for hydroxylation is 4. The van der Waals surface area contributed by atoms with Gasteiger partial charge in [-0.1, -0.05) is 35.7 Å². The molecule has 0 fully saturated rings. The summed E-state index contributed by atoms with van der Waals surface area (Å²) in [7, 11) is 0. The minimum Gasteiger partial charge on any atom is -0.679 e. The molecule has 2 rings (SSSR count). The van der Waals surface area contributed by atoms with E-state index in [9.17, 15) is 0 Å². The molecular weight excluding hydrogens is 220 g/mol. The average molecular weight is 237 g/mol. The van der Waals surface area contributed by atoms with Gasteiger partial charge in [-0.3, -0.25) is 5.69 Å². The van der Waals surface area contributed by atoms with E-state index in [1.165, 1.54) is 22.3 Å². The first-order valence-corrected chi connectivity index (χ1v) is 5.84. The van der Waals surface area contributed by atoms with Crippen molar-refractivity contribution in [3.8, 4) is 0 Å². The second-order valence-corrected chi connectivity index (χ2v) is 4.61. The average Bonchev–Trinajstić information content (AvgIpc) is 2.26. The molecule has 0 spiro atoms. The van der Waals surface area contributed by atoms with Crippen LogP contribution in [0.2, 0.25) is 0 Å². The summed E-state index contributed by atoms with van der Waals surface area (Å²) in [6.07, 6.45) is 0. The van der Waals surface area contributed by atoms with Crippen LogP contribution in [0.15, 0.2) is 30.3 Å². The van der Waals surface area contributed by atoms with Crippen LogP contribution in [0.3, 0.4) is 0 Å². The van der Waals surface area contributed by atoms with Crippen LogP contribution in [-0.4, -0.2) is 0 Å². The van der Waals surface area contributed by atoms with E-state index in [1.807, 2.05) is 12.1 Å². The first kappa shape index (κ1) is 18.4. The molecule has 2 aromatic carbocycles. The molecule has 0 unspecified atom stereocenters. The van der Waals surface area contributed by atoms with Crippen LogP contribution in [0.4, 0.5) is 11.4 Å². The molecule has 0 saturated carbocycles. The van der Waals surface area contributed by atoms with Crippen molar-refractivity contribution >= 4 is 11.4 Å². The van der Waals surface area contributed by atoms with Gasteiger partial charge in [0.2, 0.25) is 0 Å². The van der Waals surface area contributed by atoms with Crippen LogP contribution >= 0.6 is 0 Å². The largest absolute Gasteiger partial charge is 1.00 e. The Labute approximate surface area is 140 Å². The zero-order valence-corrected chi connectivity index (χ0v) is 12.8. The molecule has 0 heterocycles. The van der Waals surface area contributed by atoms with Crippen LogP contribution < -0.4 is 37.7 Å². The summed E-state index contributed by atoms with van der Waals surface area (Å²) < 4.78 is 0. The second-order valence-electron chi connectivity index (χ2n) is 4.61. The summed E-state index contributed by atoms with van der Waals surface area (Å²) in [4.78, 5) is 0. The van der Waals surface area contributed by atoms with Crippen LogP contribution in [-0.2, 0) is 0 Å². The third kappa shape index (κ3) is 4.79. The second kappa shape index (κ2) is 7.89. The molecule has 0 amide bonds.